The Morgan fingerprint density at radius 2 is 2.24 bits per heavy atom. The van der Waals surface area contributed by atoms with Gasteiger partial charge in [0, 0.05) is 19.3 Å². The fourth-order valence-electron chi connectivity index (χ4n) is 2.00. The number of carbonyl (C=O) groups excluding carboxylic acids is 1. The molecule has 0 aromatic heterocycles. The quantitative estimate of drug-likeness (QED) is 0.817. The lowest BCUT2D eigenvalue weighted by atomic mass is 10.1. The molecular weight excluding hydrogens is 219 g/mol. The number of nitrogens with zero attached hydrogens (tertiary/aromatic N) is 1. The van der Waals surface area contributed by atoms with Crippen LogP contribution in [0.5, 0.6) is 0 Å². The summed E-state index contributed by atoms with van der Waals surface area (Å²) in [6.45, 7) is 2.85. The van der Waals surface area contributed by atoms with Gasteiger partial charge in [0.1, 0.15) is 5.82 Å². The zero-order valence-corrected chi connectivity index (χ0v) is 10.1. The van der Waals surface area contributed by atoms with Crippen LogP contribution in [0.25, 0.3) is 0 Å². The molecule has 1 aromatic carbocycles. The van der Waals surface area contributed by atoms with E-state index >= 15 is 0 Å². The fraction of sp³-hybridized carbons (Fsp3) is 0.462. The molecule has 1 aromatic rings. The van der Waals surface area contributed by atoms with Crippen molar-refractivity contribution < 1.29 is 9.18 Å². The van der Waals surface area contributed by atoms with Crippen molar-refractivity contribution in [2.75, 3.05) is 19.3 Å². The summed E-state index contributed by atoms with van der Waals surface area (Å²) in [5, 5.41) is 0. The first-order valence-electron chi connectivity index (χ1n) is 5.79. The summed E-state index contributed by atoms with van der Waals surface area (Å²) in [6.07, 6.45) is 1.15. The van der Waals surface area contributed by atoms with Crippen LogP contribution in [0.2, 0.25) is 0 Å². The van der Waals surface area contributed by atoms with Crippen molar-refractivity contribution in [1.29, 1.82) is 0 Å². The lowest BCUT2D eigenvalue weighted by Gasteiger charge is -2.17. The number of nitrogen functional groups attached to an aromatic ring is 1. The van der Waals surface area contributed by atoms with Gasteiger partial charge in [-0.15, -0.1) is 0 Å². The minimum absolute atomic E-state index is 0.0563. The maximum absolute atomic E-state index is 13.5. The van der Waals surface area contributed by atoms with Gasteiger partial charge in [-0.3, -0.25) is 4.79 Å². The molecule has 1 amide bonds. The van der Waals surface area contributed by atoms with Gasteiger partial charge in [-0.05, 0) is 36.5 Å². The summed E-state index contributed by atoms with van der Waals surface area (Å²) < 4.78 is 13.5. The highest BCUT2D eigenvalue weighted by atomic mass is 19.1. The molecule has 0 spiro atoms. The van der Waals surface area contributed by atoms with Crippen molar-refractivity contribution in [2.45, 2.75) is 13.3 Å². The van der Waals surface area contributed by atoms with Crippen molar-refractivity contribution in [3.8, 4) is 0 Å². The summed E-state index contributed by atoms with van der Waals surface area (Å²) in [5.74, 6) is 0.429. The van der Waals surface area contributed by atoms with Crippen molar-refractivity contribution >= 4 is 11.6 Å². The first-order chi connectivity index (χ1) is 7.99. The molecule has 3 nitrogen and oxygen atoms in total. The third kappa shape index (κ3) is 2.57. The Balaban J connectivity index is 2.10. The SMILES string of the molecule is CC1CC1CN(C)C(=O)c1cc(N)ccc1F. The van der Waals surface area contributed by atoms with E-state index in [0.717, 1.165) is 6.42 Å². The maximum Gasteiger partial charge on any atom is 0.256 e. The second-order valence-corrected chi connectivity index (χ2v) is 4.90. The predicted octanol–water partition coefficient (Wildman–Crippen LogP) is 2.14. The first kappa shape index (κ1) is 11.9. The summed E-state index contributed by atoms with van der Waals surface area (Å²) in [4.78, 5) is 13.6. The van der Waals surface area contributed by atoms with Crippen LogP contribution in [-0.2, 0) is 0 Å². The number of nitrogens with two attached hydrogens (primary N) is 1. The molecule has 2 unspecified atom stereocenters. The summed E-state index contributed by atoms with van der Waals surface area (Å²) >= 11 is 0. The number of rotatable bonds is 3. The summed E-state index contributed by atoms with van der Waals surface area (Å²) in [6, 6.07) is 4.08. The Hall–Kier alpha value is -1.58. The third-order valence-corrected chi connectivity index (χ3v) is 3.35. The molecule has 1 fully saturated rings. The maximum atomic E-state index is 13.5. The molecule has 1 saturated carbocycles. The molecule has 0 radical (unpaired) electrons. The lowest BCUT2D eigenvalue weighted by Crippen LogP contribution is -2.29. The monoisotopic (exact) mass is 236 g/mol. The van der Waals surface area contributed by atoms with Crippen LogP contribution in [0.4, 0.5) is 10.1 Å². The van der Waals surface area contributed by atoms with Gasteiger partial charge in [-0.1, -0.05) is 6.92 Å². The van der Waals surface area contributed by atoms with Gasteiger partial charge in [0.2, 0.25) is 0 Å². The van der Waals surface area contributed by atoms with Crippen molar-refractivity contribution in [3.05, 3.63) is 29.6 Å². The molecule has 0 aliphatic heterocycles. The van der Waals surface area contributed by atoms with E-state index < -0.39 is 5.82 Å². The third-order valence-electron chi connectivity index (χ3n) is 3.35. The molecule has 2 N–H and O–H groups in total. The van der Waals surface area contributed by atoms with E-state index in [1.54, 1.807) is 11.9 Å². The fourth-order valence-corrected chi connectivity index (χ4v) is 2.00. The molecule has 1 aliphatic carbocycles. The van der Waals surface area contributed by atoms with Crippen molar-refractivity contribution in [1.82, 2.24) is 4.90 Å². The summed E-state index contributed by atoms with van der Waals surface area (Å²) in [5.41, 5.74) is 6.03. The molecule has 2 rings (SSSR count). The predicted molar refractivity (Wildman–Crippen MR) is 65.0 cm³/mol. The Bertz CT molecular complexity index is 447. The second-order valence-electron chi connectivity index (χ2n) is 4.90. The van der Waals surface area contributed by atoms with Crippen molar-refractivity contribution in [2.24, 2.45) is 11.8 Å². The van der Waals surface area contributed by atoms with Crippen LogP contribution in [0.1, 0.15) is 23.7 Å². The number of hydrogen-bond acceptors (Lipinski definition) is 2. The zero-order valence-electron chi connectivity index (χ0n) is 10.1. The molecule has 4 heteroatoms. The normalized spacial score (nSPS) is 22.3. The molecule has 0 heterocycles. The first-order valence-corrected chi connectivity index (χ1v) is 5.79. The van der Waals surface area contributed by atoms with E-state index in [1.165, 1.54) is 18.2 Å². The van der Waals surface area contributed by atoms with E-state index in [-0.39, 0.29) is 11.5 Å². The Morgan fingerprint density at radius 3 is 2.82 bits per heavy atom. The molecular formula is C13H17FN2O. The number of halogens is 1. The van der Waals surface area contributed by atoms with E-state index in [4.69, 9.17) is 5.73 Å². The molecule has 1 aliphatic rings. The topological polar surface area (TPSA) is 46.3 Å². The molecule has 0 bridgehead atoms. The Morgan fingerprint density at radius 1 is 1.59 bits per heavy atom. The van der Waals surface area contributed by atoms with Gasteiger partial charge in [0.25, 0.3) is 5.91 Å². The number of hydrogen-bond donors (Lipinski definition) is 1. The highest BCUT2D eigenvalue weighted by Crippen LogP contribution is 2.38. The smallest absolute Gasteiger partial charge is 0.256 e. The lowest BCUT2D eigenvalue weighted by molar-refractivity contribution is 0.0782. The van der Waals surface area contributed by atoms with Gasteiger partial charge in [0.05, 0.1) is 5.56 Å². The van der Waals surface area contributed by atoms with E-state index in [2.05, 4.69) is 6.92 Å². The van der Waals surface area contributed by atoms with E-state index in [9.17, 15) is 9.18 Å². The standard InChI is InChI=1S/C13H17FN2O/c1-8-5-9(8)7-16(2)13(17)11-6-10(15)3-4-12(11)14/h3-4,6,8-9H,5,7,15H2,1-2H3. The van der Waals surface area contributed by atoms with Gasteiger partial charge >= 0.3 is 0 Å². The van der Waals surface area contributed by atoms with Crippen LogP contribution >= 0.6 is 0 Å². The van der Waals surface area contributed by atoms with Gasteiger partial charge < -0.3 is 10.6 Å². The Labute approximate surface area is 100 Å². The highest BCUT2D eigenvalue weighted by molar-refractivity contribution is 5.95. The minimum atomic E-state index is -0.514. The average molecular weight is 236 g/mol. The van der Waals surface area contributed by atoms with E-state index in [0.29, 0.717) is 24.1 Å². The van der Waals surface area contributed by atoms with Crippen LogP contribution in [0.3, 0.4) is 0 Å². The van der Waals surface area contributed by atoms with Gasteiger partial charge in [-0.25, -0.2) is 4.39 Å². The highest BCUT2D eigenvalue weighted by Gasteiger charge is 2.34. The Kier molecular flexibility index (Phi) is 3.05. The van der Waals surface area contributed by atoms with Crippen LogP contribution in [0, 0.1) is 17.7 Å². The van der Waals surface area contributed by atoms with Crippen LogP contribution in [-0.4, -0.2) is 24.4 Å². The number of anilines is 1. The largest absolute Gasteiger partial charge is 0.399 e. The van der Waals surface area contributed by atoms with E-state index in [1.807, 2.05) is 0 Å². The van der Waals surface area contributed by atoms with Crippen LogP contribution < -0.4 is 5.73 Å². The number of amides is 1. The van der Waals surface area contributed by atoms with Crippen molar-refractivity contribution in [3.63, 3.8) is 0 Å². The number of carbonyl (C=O) groups is 1. The summed E-state index contributed by atoms with van der Waals surface area (Å²) in [7, 11) is 1.70. The van der Waals surface area contributed by atoms with Gasteiger partial charge in [0.15, 0.2) is 0 Å². The second kappa shape index (κ2) is 4.35. The molecule has 2 atom stereocenters. The average Bonchev–Trinajstić information content (AvgIpc) is 2.96. The molecule has 17 heavy (non-hydrogen) atoms. The van der Waals surface area contributed by atoms with Crippen LogP contribution in [0.15, 0.2) is 18.2 Å². The number of benzene rings is 1. The minimum Gasteiger partial charge on any atom is -0.399 e. The zero-order chi connectivity index (χ0) is 12.6. The molecule has 0 saturated heterocycles. The molecule has 92 valence electrons. The van der Waals surface area contributed by atoms with Gasteiger partial charge in [-0.2, -0.15) is 0 Å².